The van der Waals surface area contributed by atoms with E-state index in [0.29, 0.717) is 17.3 Å². The molecule has 0 saturated carbocycles. The molecule has 0 amide bonds. The zero-order valence-corrected chi connectivity index (χ0v) is 25.4. The highest BCUT2D eigenvalue weighted by Gasteiger charge is 2.48. The summed E-state index contributed by atoms with van der Waals surface area (Å²) in [6.07, 6.45) is 7.13. The summed E-state index contributed by atoms with van der Waals surface area (Å²) in [6, 6.07) is 27.8. The van der Waals surface area contributed by atoms with Gasteiger partial charge in [-0.1, -0.05) is 36.4 Å². The molecule has 9 heteroatoms. The maximum Gasteiger partial charge on any atom is 0.207 e. The number of nitrogens with zero attached hydrogens (tertiary/aromatic N) is 4. The van der Waals surface area contributed by atoms with Gasteiger partial charge >= 0.3 is 0 Å². The predicted octanol–water partition coefficient (Wildman–Crippen LogP) is 5.99. The first-order valence-electron chi connectivity index (χ1n) is 14.5. The fraction of sp³-hybridized carbons (Fsp3) is 0.171. The molecule has 3 aromatic carbocycles. The first kappa shape index (κ1) is 28.0. The molecule has 3 aromatic heterocycles. The Balaban J connectivity index is 1.16. The summed E-state index contributed by atoms with van der Waals surface area (Å²) in [6.45, 7) is 0.798. The Kier molecular flexibility index (Phi) is 7.24. The van der Waals surface area contributed by atoms with E-state index in [9.17, 15) is 4.57 Å². The van der Waals surface area contributed by atoms with Gasteiger partial charge in [-0.15, -0.1) is 0 Å². The number of methoxy groups -OCH3 is 2. The van der Waals surface area contributed by atoms with Crippen LogP contribution in [-0.4, -0.2) is 46.4 Å². The third-order valence-electron chi connectivity index (χ3n) is 8.33. The molecular formula is C35H32N5O3P. The van der Waals surface area contributed by atoms with Gasteiger partial charge in [0.1, 0.15) is 5.82 Å². The van der Waals surface area contributed by atoms with Gasteiger partial charge in [-0.05, 0) is 66.3 Å². The minimum absolute atomic E-state index is 0.227. The van der Waals surface area contributed by atoms with E-state index in [4.69, 9.17) is 20.2 Å². The number of nitrogens with two attached hydrogens (primary N) is 1. The second-order valence-corrected chi connectivity index (χ2v) is 13.7. The number of hydrogen-bond donors (Lipinski definition) is 1. The van der Waals surface area contributed by atoms with Crippen LogP contribution in [0, 0.1) is 0 Å². The molecule has 0 bridgehead atoms. The van der Waals surface area contributed by atoms with Crippen LogP contribution in [0.5, 0.6) is 11.5 Å². The number of anilines is 1. The Morgan fingerprint density at radius 3 is 2.20 bits per heavy atom. The third kappa shape index (κ3) is 4.96. The van der Waals surface area contributed by atoms with Crippen molar-refractivity contribution in [3.63, 3.8) is 0 Å². The average molecular weight is 602 g/mol. The largest absolute Gasteiger partial charge is 0.493 e. The van der Waals surface area contributed by atoms with E-state index in [-0.39, 0.29) is 6.04 Å². The minimum atomic E-state index is -2.91. The van der Waals surface area contributed by atoms with Crippen molar-refractivity contribution >= 4 is 45.4 Å². The number of ether oxygens (including phenoxy) is 2. The molecule has 2 N–H and O–H groups in total. The Labute approximate surface area is 255 Å². The maximum atomic E-state index is 14.6. The maximum absolute atomic E-state index is 14.6. The molecule has 1 aliphatic rings. The third-order valence-corrected chi connectivity index (χ3v) is 11.5. The van der Waals surface area contributed by atoms with E-state index in [1.54, 1.807) is 20.4 Å². The van der Waals surface area contributed by atoms with Crippen molar-refractivity contribution in [3.05, 3.63) is 109 Å². The number of pyridine rings is 3. The summed E-state index contributed by atoms with van der Waals surface area (Å²) in [4.78, 5) is 13.8. The fourth-order valence-corrected chi connectivity index (χ4v) is 9.00. The van der Waals surface area contributed by atoms with Gasteiger partial charge in [0, 0.05) is 64.2 Å². The first-order chi connectivity index (χ1) is 21.5. The molecule has 2 atom stereocenters. The SMILES string of the molecule is COc1cc2ncc3c(N)nc(-c4cncc(CC[C@@H]5CN5P(=O)(c5ccccc5)c5ccccc5)c4)cc3c2cc1OC. The highest BCUT2D eigenvalue weighted by atomic mass is 31.2. The standard InChI is InChI=1S/C35H32N5O3P/c1-42-33-17-29-28-16-31(39-35(36)30(28)21-38-32(29)18-34(33)43-2)24-15-23(19-37-20-24)13-14-25-22-40(25)44(41,26-9-5-3-6-10-26)27-11-7-4-8-12-27/h3-12,15-21,25H,13-14,22H2,1-2H3,(H2,36,39)/t25-,40?/m1/s1. The monoisotopic (exact) mass is 601 g/mol. The second-order valence-electron chi connectivity index (χ2n) is 11.0. The van der Waals surface area contributed by atoms with Gasteiger partial charge in [0.25, 0.3) is 0 Å². The van der Waals surface area contributed by atoms with Crippen LogP contribution in [0.25, 0.3) is 32.9 Å². The van der Waals surface area contributed by atoms with Crippen LogP contribution in [0.15, 0.2) is 104 Å². The number of aryl methyl sites for hydroxylation is 1. The molecule has 0 radical (unpaired) electrons. The van der Waals surface area contributed by atoms with Gasteiger partial charge in [-0.25, -0.2) is 9.65 Å². The lowest BCUT2D eigenvalue weighted by molar-refractivity contribution is 0.356. The van der Waals surface area contributed by atoms with Crippen LogP contribution in [0.4, 0.5) is 5.82 Å². The number of rotatable bonds is 9. The molecule has 0 aliphatic carbocycles. The molecule has 220 valence electrons. The highest BCUT2D eigenvalue weighted by molar-refractivity contribution is 7.76. The summed E-state index contributed by atoms with van der Waals surface area (Å²) in [7, 11) is 0.314. The van der Waals surface area contributed by atoms with Crippen LogP contribution < -0.4 is 25.8 Å². The summed E-state index contributed by atoms with van der Waals surface area (Å²) in [5.74, 6) is 1.63. The number of benzene rings is 3. The van der Waals surface area contributed by atoms with E-state index >= 15 is 0 Å². The predicted molar refractivity (Wildman–Crippen MR) is 176 cm³/mol. The van der Waals surface area contributed by atoms with Gasteiger partial charge in [-0.3, -0.25) is 14.5 Å². The Bertz CT molecular complexity index is 1990. The summed E-state index contributed by atoms with van der Waals surface area (Å²) >= 11 is 0. The van der Waals surface area contributed by atoms with Crippen LogP contribution in [0.1, 0.15) is 12.0 Å². The summed E-state index contributed by atoms with van der Waals surface area (Å²) in [5.41, 5.74) is 9.93. The quantitative estimate of drug-likeness (QED) is 0.123. The number of fused-ring (bicyclic) bond motifs is 3. The molecule has 4 heterocycles. The van der Waals surface area contributed by atoms with Crippen molar-refractivity contribution in [1.29, 1.82) is 0 Å². The van der Waals surface area contributed by atoms with Crippen molar-refractivity contribution in [2.24, 2.45) is 0 Å². The second kappa shape index (κ2) is 11.4. The van der Waals surface area contributed by atoms with E-state index in [0.717, 1.165) is 68.5 Å². The lowest BCUT2D eigenvalue weighted by Gasteiger charge is -2.21. The van der Waals surface area contributed by atoms with Gasteiger partial charge < -0.3 is 15.2 Å². The van der Waals surface area contributed by atoms with Crippen LogP contribution >= 0.6 is 7.29 Å². The van der Waals surface area contributed by atoms with E-state index in [1.807, 2.05) is 91.3 Å². The molecule has 6 aromatic rings. The van der Waals surface area contributed by atoms with Crippen molar-refractivity contribution < 1.29 is 14.0 Å². The van der Waals surface area contributed by atoms with Crippen molar-refractivity contribution in [2.75, 3.05) is 26.5 Å². The summed E-state index contributed by atoms with van der Waals surface area (Å²) < 4.78 is 27.8. The van der Waals surface area contributed by atoms with Crippen molar-refractivity contribution in [1.82, 2.24) is 19.6 Å². The fourth-order valence-electron chi connectivity index (χ4n) is 5.96. The average Bonchev–Trinajstić information content (AvgIpc) is 3.87. The van der Waals surface area contributed by atoms with Gasteiger partial charge in [0.05, 0.1) is 25.4 Å². The first-order valence-corrected chi connectivity index (χ1v) is 16.2. The molecule has 44 heavy (non-hydrogen) atoms. The number of hydrogen-bond acceptors (Lipinski definition) is 7. The molecule has 1 aliphatic heterocycles. The Morgan fingerprint density at radius 1 is 0.841 bits per heavy atom. The molecule has 7 rings (SSSR count). The van der Waals surface area contributed by atoms with Crippen molar-refractivity contribution in [3.8, 4) is 22.8 Å². The lowest BCUT2D eigenvalue weighted by Crippen LogP contribution is -2.22. The van der Waals surface area contributed by atoms with Crippen LogP contribution in [0.2, 0.25) is 0 Å². The zero-order valence-electron chi connectivity index (χ0n) is 24.6. The van der Waals surface area contributed by atoms with Crippen LogP contribution in [0.3, 0.4) is 0 Å². The minimum Gasteiger partial charge on any atom is -0.493 e. The van der Waals surface area contributed by atoms with E-state index in [2.05, 4.69) is 20.7 Å². The molecular weight excluding hydrogens is 569 g/mol. The number of nitrogen functional groups attached to an aromatic ring is 1. The normalized spacial score (nSPS) is 16.2. The topological polar surface area (TPSA) is 103 Å². The molecule has 1 saturated heterocycles. The molecule has 1 fully saturated rings. The smallest absolute Gasteiger partial charge is 0.207 e. The Morgan fingerprint density at radius 2 is 1.52 bits per heavy atom. The Hall–Kier alpha value is -4.78. The number of aromatic nitrogens is 3. The molecule has 1 unspecified atom stereocenters. The lowest BCUT2D eigenvalue weighted by atomic mass is 10.0. The van der Waals surface area contributed by atoms with Crippen LogP contribution in [-0.2, 0) is 11.0 Å². The van der Waals surface area contributed by atoms with Gasteiger partial charge in [0.2, 0.25) is 7.29 Å². The van der Waals surface area contributed by atoms with Gasteiger partial charge in [0.15, 0.2) is 11.5 Å². The zero-order chi connectivity index (χ0) is 30.3. The van der Waals surface area contributed by atoms with E-state index < -0.39 is 7.29 Å². The highest BCUT2D eigenvalue weighted by Crippen LogP contribution is 2.55. The van der Waals surface area contributed by atoms with Crippen molar-refractivity contribution in [2.45, 2.75) is 18.9 Å². The summed E-state index contributed by atoms with van der Waals surface area (Å²) in [5, 5.41) is 4.34. The van der Waals surface area contributed by atoms with E-state index in [1.165, 1.54) is 0 Å². The van der Waals surface area contributed by atoms with Gasteiger partial charge in [-0.2, -0.15) is 0 Å². The molecule has 0 spiro atoms. The molecule has 8 nitrogen and oxygen atoms in total.